The molecule has 1 fully saturated rings. The highest BCUT2D eigenvalue weighted by Gasteiger charge is 2.39. The molecule has 4 atom stereocenters. The van der Waals surface area contributed by atoms with Crippen LogP contribution in [0.5, 0.6) is 0 Å². The Kier molecular flexibility index (Phi) is 2.46. The number of hydrogen-bond donors (Lipinski definition) is 0. The van der Waals surface area contributed by atoms with Crippen LogP contribution in [0.1, 0.15) is 45.4 Å². The van der Waals surface area contributed by atoms with Gasteiger partial charge in [-0.05, 0) is 56.3 Å². The molecule has 15 heavy (non-hydrogen) atoms. The number of rotatable bonds is 0. The molecule has 0 aromatic carbocycles. The van der Waals surface area contributed by atoms with Gasteiger partial charge in [-0.2, -0.15) is 0 Å². The van der Waals surface area contributed by atoms with E-state index in [1.807, 2.05) is 0 Å². The van der Waals surface area contributed by atoms with Gasteiger partial charge in [0.15, 0.2) is 0 Å². The van der Waals surface area contributed by atoms with Crippen molar-refractivity contribution in [1.82, 2.24) is 0 Å². The topological polar surface area (TPSA) is 0 Å². The minimum atomic E-state index is 0.790. The summed E-state index contributed by atoms with van der Waals surface area (Å²) in [4.78, 5) is 0. The second-order valence-electron chi connectivity index (χ2n) is 5.71. The molecule has 3 aliphatic rings. The van der Waals surface area contributed by atoms with Crippen molar-refractivity contribution in [1.29, 1.82) is 0 Å². The maximum atomic E-state index is 2.58. The minimum Gasteiger partial charge on any atom is -0.0879 e. The first-order valence-corrected chi connectivity index (χ1v) is 6.71. The summed E-state index contributed by atoms with van der Waals surface area (Å²) in [5.41, 5.74) is 1.70. The van der Waals surface area contributed by atoms with E-state index < -0.39 is 0 Å². The van der Waals surface area contributed by atoms with Gasteiger partial charge in [0.25, 0.3) is 0 Å². The van der Waals surface area contributed by atoms with Gasteiger partial charge >= 0.3 is 0 Å². The Morgan fingerprint density at radius 3 is 2.87 bits per heavy atom. The van der Waals surface area contributed by atoms with Crippen LogP contribution in [0, 0.1) is 23.7 Å². The number of fused-ring (bicyclic) bond motifs is 3. The second-order valence-corrected chi connectivity index (χ2v) is 5.71. The van der Waals surface area contributed by atoms with E-state index in [-0.39, 0.29) is 0 Å². The molecule has 0 aromatic rings. The average Bonchev–Trinajstić information content (AvgIpc) is 2.30. The van der Waals surface area contributed by atoms with Gasteiger partial charge in [0.05, 0.1) is 0 Å². The number of hydrogen-bond acceptors (Lipinski definition) is 0. The van der Waals surface area contributed by atoms with Crippen LogP contribution >= 0.6 is 0 Å². The first kappa shape index (κ1) is 9.69. The van der Waals surface area contributed by atoms with Crippen molar-refractivity contribution in [3.63, 3.8) is 0 Å². The van der Waals surface area contributed by atoms with Gasteiger partial charge in [0, 0.05) is 0 Å². The van der Waals surface area contributed by atoms with Crippen LogP contribution in [-0.4, -0.2) is 0 Å². The van der Waals surface area contributed by atoms with E-state index in [2.05, 4.69) is 25.2 Å². The van der Waals surface area contributed by atoms with Crippen molar-refractivity contribution < 1.29 is 0 Å². The third-order valence-corrected chi connectivity index (χ3v) is 4.93. The highest BCUT2D eigenvalue weighted by Crippen LogP contribution is 2.49. The van der Waals surface area contributed by atoms with Crippen LogP contribution in [0.15, 0.2) is 23.8 Å². The second kappa shape index (κ2) is 3.81. The van der Waals surface area contributed by atoms with Crippen molar-refractivity contribution >= 4 is 0 Å². The van der Waals surface area contributed by atoms with Crippen molar-refractivity contribution in [2.75, 3.05) is 0 Å². The zero-order chi connectivity index (χ0) is 10.3. The van der Waals surface area contributed by atoms with Crippen LogP contribution in [0.4, 0.5) is 0 Å². The molecular weight excluding hydrogens is 180 g/mol. The summed E-state index contributed by atoms with van der Waals surface area (Å²) in [5.74, 6) is 3.76. The molecule has 0 spiro atoms. The molecule has 0 N–H and O–H groups in total. The maximum absolute atomic E-state index is 2.58. The SMILES string of the molecule is CC1=C[C@H]2C=CCCC2C2CCCCC12. The molecule has 0 nitrogen and oxygen atoms in total. The number of allylic oxidation sites excluding steroid dienone is 4. The smallest absolute Gasteiger partial charge is 0.00195 e. The lowest BCUT2D eigenvalue weighted by atomic mass is 9.60. The first-order chi connectivity index (χ1) is 7.36. The molecule has 0 amide bonds. The Bertz CT molecular complexity index is 297. The van der Waals surface area contributed by atoms with E-state index in [9.17, 15) is 0 Å². The minimum absolute atomic E-state index is 0.790. The molecule has 0 aliphatic heterocycles. The first-order valence-electron chi connectivity index (χ1n) is 6.71. The molecule has 82 valence electrons. The highest BCUT2D eigenvalue weighted by atomic mass is 14.4. The molecule has 0 heterocycles. The summed E-state index contributed by atoms with van der Waals surface area (Å²) in [6, 6.07) is 0. The fraction of sp³-hybridized carbons (Fsp3) is 0.733. The lowest BCUT2D eigenvalue weighted by Gasteiger charge is -2.45. The normalized spacial score (nSPS) is 44.2. The molecule has 0 saturated heterocycles. The van der Waals surface area contributed by atoms with Gasteiger partial charge in [-0.1, -0.05) is 36.6 Å². The van der Waals surface area contributed by atoms with Crippen LogP contribution in [0.3, 0.4) is 0 Å². The van der Waals surface area contributed by atoms with Crippen molar-refractivity contribution in [2.45, 2.75) is 45.4 Å². The summed E-state index contributed by atoms with van der Waals surface area (Å²) in [6.07, 6.45) is 16.2. The predicted molar refractivity (Wildman–Crippen MR) is 64.6 cm³/mol. The Hall–Kier alpha value is -0.520. The van der Waals surface area contributed by atoms with E-state index >= 15 is 0 Å². The lowest BCUT2D eigenvalue weighted by molar-refractivity contribution is 0.138. The average molecular weight is 202 g/mol. The van der Waals surface area contributed by atoms with E-state index in [1.165, 1.54) is 38.5 Å². The van der Waals surface area contributed by atoms with Crippen LogP contribution in [0.25, 0.3) is 0 Å². The molecule has 3 rings (SSSR count). The van der Waals surface area contributed by atoms with Gasteiger partial charge in [-0.3, -0.25) is 0 Å². The van der Waals surface area contributed by atoms with Crippen LogP contribution < -0.4 is 0 Å². The van der Waals surface area contributed by atoms with E-state index in [1.54, 1.807) is 5.57 Å². The fourth-order valence-corrected chi connectivity index (χ4v) is 4.22. The molecule has 0 bridgehead atoms. The third-order valence-electron chi connectivity index (χ3n) is 4.93. The predicted octanol–water partition coefficient (Wildman–Crippen LogP) is 4.34. The van der Waals surface area contributed by atoms with Crippen molar-refractivity contribution in [3.8, 4) is 0 Å². The summed E-state index contributed by atoms with van der Waals surface area (Å²) >= 11 is 0. The maximum Gasteiger partial charge on any atom is -0.00195 e. The molecule has 3 unspecified atom stereocenters. The molecule has 0 aromatic heterocycles. The lowest BCUT2D eigenvalue weighted by Crippen LogP contribution is -2.36. The zero-order valence-electron chi connectivity index (χ0n) is 9.78. The highest BCUT2D eigenvalue weighted by molar-refractivity contribution is 5.20. The fourth-order valence-electron chi connectivity index (χ4n) is 4.22. The Morgan fingerprint density at radius 2 is 1.93 bits per heavy atom. The summed E-state index contributed by atoms with van der Waals surface area (Å²) < 4.78 is 0. The standard InChI is InChI=1S/C15H22/c1-11-10-12-6-2-3-8-14(12)15-9-5-4-7-13(11)15/h2,6,10,12-15H,3-5,7-9H2,1H3/t12-,13?,14?,15?/m1/s1. The van der Waals surface area contributed by atoms with Gasteiger partial charge < -0.3 is 0 Å². The molecule has 0 heteroatoms. The van der Waals surface area contributed by atoms with E-state index in [0.717, 1.165) is 23.7 Å². The third kappa shape index (κ3) is 1.58. The molecule has 0 radical (unpaired) electrons. The van der Waals surface area contributed by atoms with Crippen LogP contribution in [0.2, 0.25) is 0 Å². The molecule has 3 aliphatic carbocycles. The molecule has 1 saturated carbocycles. The Morgan fingerprint density at radius 1 is 1.07 bits per heavy atom. The van der Waals surface area contributed by atoms with Gasteiger partial charge in [0.2, 0.25) is 0 Å². The van der Waals surface area contributed by atoms with E-state index in [4.69, 9.17) is 0 Å². The largest absolute Gasteiger partial charge is 0.0879 e. The van der Waals surface area contributed by atoms with E-state index in [0.29, 0.717) is 0 Å². The van der Waals surface area contributed by atoms with Crippen LogP contribution in [-0.2, 0) is 0 Å². The van der Waals surface area contributed by atoms with Gasteiger partial charge in [0.1, 0.15) is 0 Å². The zero-order valence-corrected chi connectivity index (χ0v) is 9.78. The Labute approximate surface area is 93.5 Å². The molecular formula is C15H22. The summed E-state index contributed by atoms with van der Waals surface area (Å²) in [6.45, 7) is 2.38. The quantitative estimate of drug-likeness (QED) is 0.513. The monoisotopic (exact) mass is 202 g/mol. The van der Waals surface area contributed by atoms with Gasteiger partial charge in [-0.25, -0.2) is 0 Å². The van der Waals surface area contributed by atoms with Gasteiger partial charge in [-0.15, -0.1) is 0 Å². The summed E-state index contributed by atoms with van der Waals surface area (Å²) in [7, 11) is 0. The Balaban J connectivity index is 1.93. The summed E-state index contributed by atoms with van der Waals surface area (Å²) in [5, 5.41) is 0. The van der Waals surface area contributed by atoms with Crippen molar-refractivity contribution in [3.05, 3.63) is 23.8 Å². The van der Waals surface area contributed by atoms with Crippen molar-refractivity contribution in [2.24, 2.45) is 23.7 Å².